The summed E-state index contributed by atoms with van der Waals surface area (Å²) in [5.74, 6) is 0.155. The number of aromatic nitrogens is 1. The van der Waals surface area contributed by atoms with E-state index in [4.69, 9.17) is 5.73 Å². The molecule has 28 heavy (non-hydrogen) atoms. The average Bonchev–Trinajstić information content (AvgIpc) is 2.70. The number of carbonyl (C=O) groups is 1. The Labute approximate surface area is 165 Å². The summed E-state index contributed by atoms with van der Waals surface area (Å²) in [6.07, 6.45) is 0. The van der Waals surface area contributed by atoms with Crippen molar-refractivity contribution in [3.63, 3.8) is 0 Å². The molecule has 3 aromatic rings. The van der Waals surface area contributed by atoms with E-state index < -0.39 is 0 Å². The summed E-state index contributed by atoms with van der Waals surface area (Å²) in [6.45, 7) is 7.43. The maximum atomic E-state index is 13.2. The van der Waals surface area contributed by atoms with Gasteiger partial charge in [-0.15, -0.1) is 0 Å². The SMILES string of the molecule is CCNC(=O)c1ccc2c(=O)n(CC(C)C)c(CN)c(-c3ccccc3)c2c1. The van der Waals surface area contributed by atoms with Crippen LogP contribution in [0.3, 0.4) is 0 Å². The van der Waals surface area contributed by atoms with E-state index >= 15 is 0 Å². The number of carbonyl (C=O) groups excluding carboxylic acids is 1. The van der Waals surface area contributed by atoms with E-state index in [2.05, 4.69) is 19.2 Å². The van der Waals surface area contributed by atoms with E-state index in [-0.39, 0.29) is 18.0 Å². The first-order chi connectivity index (χ1) is 13.5. The van der Waals surface area contributed by atoms with E-state index in [1.165, 1.54) is 0 Å². The quantitative estimate of drug-likeness (QED) is 0.690. The van der Waals surface area contributed by atoms with Gasteiger partial charge >= 0.3 is 0 Å². The molecule has 3 rings (SSSR count). The van der Waals surface area contributed by atoms with E-state index in [1.54, 1.807) is 16.7 Å². The molecule has 146 valence electrons. The molecule has 0 bridgehead atoms. The predicted octanol–water partition coefficient (Wildman–Crippen LogP) is 3.53. The second-order valence-corrected chi connectivity index (χ2v) is 7.32. The summed E-state index contributed by atoms with van der Waals surface area (Å²) in [5.41, 5.74) is 9.31. The van der Waals surface area contributed by atoms with Crippen LogP contribution >= 0.6 is 0 Å². The molecule has 1 aromatic heterocycles. The number of pyridine rings is 1. The molecule has 5 heteroatoms. The highest BCUT2D eigenvalue weighted by molar-refractivity contribution is 6.03. The fourth-order valence-electron chi connectivity index (χ4n) is 3.60. The highest BCUT2D eigenvalue weighted by Crippen LogP contribution is 2.31. The Bertz CT molecular complexity index is 1050. The Kier molecular flexibility index (Phi) is 5.95. The van der Waals surface area contributed by atoms with Gasteiger partial charge in [-0.3, -0.25) is 9.59 Å². The number of nitrogens with one attached hydrogen (secondary N) is 1. The maximum Gasteiger partial charge on any atom is 0.258 e. The Hall–Kier alpha value is -2.92. The van der Waals surface area contributed by atoms with Crippen molar-refractivity contribution in [2.24, 2.45) is 11.7 Å². The first kappa shape index (κ1) is 19.8. The number of nitrogens with two attached hydrogens (primary N) is 1. The molecule has 0 aliphatic rings. The number of hydrogen-bond acceptors (Lipinski definition) is 3. The van der Waals surface area contributed by atoms with Gasteiger partial charge in [-0.05, 0) is 42.0 Å². The molecule has 1 amide bonds. The normalized spacial score (nSPS) is 11.2. The number of amides is 1. The summed E-state index contributed by atoms with van der Waals surface area (Å²) < 4.78 is 1.79. The zero-order valence-corrected chi connectivity index (χ0v) is 16.7. The summed E-state index contributed by atoms with van der Waals surface area (Å²) in [7, 11) is 0. The van der Waals surface area contributed by atoms with Crippen LogP contribution in [0.25, 0.3) is 21.9 Å². The standard InChI is InChI=1S/C23H27N3O2/c1-4-25-22(27)17-10-11-18-19(12-17)21(16-8-6-5-7-9-16)20(13-24)26(23(18)28)14-15(2)3/h5-12,15H,4,13-14,24H2,1-3H3,(H,25,27). The van der Waals surface area contributed by atoms with E-state index in [1.807, 2.05) is 43.3 Å². The number of hydrogen-bond donors (Lipinski definition) is 2. The minimum atomic E-state index is -0.149. The van der Waals surface area contributed by atoms with Crippen LogP contribution in [0.15, 0.2) is 53.3 Å². The van der Waals surface area contributed by atoms with Crippen molar-refractivity contribution in [3.05, 3.63) is 70.1 Å². The van der Waals surface area contributed by atoms with Crippen LogP contribution in [-0.4, -0.2) is 17.0 Å². The summed E-state index contributed by atoms with van der Waals surface area (Å²) in [4.78, 5) is 25.6. The second kappa shape index (κ2) is 8.40. The number of rotatable bonds is 6. The van der Waals surface area contributed by atoms with Crippen molar-refractivity contribution < 1.29 is 4.79 Å². The first-order valence-corrected chi connectivity index (χ1v) is 9.71. The van der Waals surface area contributed by atoms with E-state index in [9.17, 15) is 9.59 Å². The van der Waals surface area contributed by atoms with Gasteiger partial charge in [0, 0.05) is 41.8 Å². The van der Waals surface area contributed by atoms with Gasteiger partial charge in [0.25, 0.3) is 11.5 Å². The molecule has 0 saturated carbocycles. The molecule has 0 spiro atoms. The van der Waals surface area contributed by atoms with Crippen LogP contribution in [0.4, 0.5) is 0 Å². The molecule has 3 N–H and O–H groups in total. The predicted molar refractivity (Wildman–Crippen MR) is 114 cm³/mol. The summed E-state index contributed by atoms with van der Waals surface area (Å²) in [6, 6.07) is 15.2. The average molecular weight is 377 g/mol. The Balaban J connectivity index is 2.41. The van der Waals surface area contributed by atoms with E-state index in [0.717, 1.165) is 22.2 Å². The maximum absolute atomic E-state index is 13.2. The lowest BCUT2D eigenvalue weighted by Crippen LogP contribution is -2.28. The highest BCUT2D eigenvalue weighted by atomic mass is 16.1. The van der Waals surface area contributed by atoms with Gasteiger partial charge in [-0.1, -0.05) is 44.2 Å². The molecule has 0 unspecified atom stereocenters. The van der Waals surface area contributed by atoms with Crippen LogP contribution < -0.4 is 16.6 Å². The number of benzene rings is 2. The zero-order valence-electron chi connectivity index (χ0n) is 16.7. The lowest BCUT2D eigenvalue weighted by molar-refractivity contribution is 0.0956. The Morgan fingerprint density at radius 3 is 2.43 bits per heavy atom. The van der Waals surface area contributed by atoms with Gasteiger partial charge in [0.15, 0.2) is 0 Å². The van der Waals surface area contributed by atoms with Crippen molar-refractivity contribution in [2.45, 2.75) is 33.9 Å². The van der Waals surface area contributed by atoms with Gasteiger partial charge in [-0.25, -0.2) is 0 Å². The highest BCUT2D eigenvalue weighted by Gasteiger charge is 2.19. The molecule has 0 aliphatic carbocycles. The Morgan fingerprint density at radius 2 is 1.82 bits per heavy atom. The lowest BCUT2D eigenvalue weighted by Gasteiger charge is -2.21. The Morgan fingerprint density at radius 1 is 1.11 bits per heavy atom. The summed E-state index contributed by atoms with van der Waals surface area (Å²) in [5, 5.41) is 4.19. The van der Waals surface area contributed by atoms with Gasteiger partial charge in [0.05, 0.1) is 0 Å². The van der Waals surface area contributed by atoms with Crippen LogP contribution in [0, 0.1) is 5.92 Å². The van der Waals surface area contributed by atoms with Crippen molar-refractivity contribution in [3.8, 4) is 11.1 Å². The van der Waals surface area contributed by atoms with Gasteiger partial charge in [0.2, 0.25) is 0 Å². The molecule has 0 saturated heterocycles. The third-order valence-corrected chi connectivity index (χ3v) is 4.78. The minimum Gasteiger partial charge on any atom is -0.352 e. The molecule has 0 fully saturated rings. The molecule has 0 radical (unpaired) electrons. The molecule has 0 aliphatic heterocycles. The second-order valence-electron chi connectivity index (χ2n) is 7.32. The van der Waals surface area contributed by atoms with Crippen LogP contribution in [0.1, 0.15) is 36.8 Å². The molecular weight excluding hydrogens is 350 g/mol. The first-order valence-electron chi connectivity index (χ1n) is 9.71. The van der Waals surface area contributed by atoms with Crippen molar-refractivity contribution in [1.29, 1.82) is 0 Å². The van der Waals surface area contributed by atoms with Crippen LogP contribution in [-0.2, 0) is 13.1 Å². The van der Waals surface area contributed by atoms with E-state index in [0.29, 0.717) is 30.0 Å². The zero-order chi connectivity index (χ0) is 20.3. The fourth-order valence-corrected chi connectivity index (χ4v) is 3.60. The van der Waals surface area contributed by atoms with Crippen molar-refractivity contribution >= 4 is 16.7 Å². The van der Waals surface area contributed by atoms with Crippen LogP contribution in [0.5, 0.6) is 0 Å². The lowest BCUT2D eigenvalue weighted by atomic mass is 9.95. The van der Waals surface area contributed by atoms with Gasteiger partial charge < -0.3 is 15.6 Å². The minimum absolute atomic E-state index is 0.0636. The smallest absolute Gasteiger partial charge is 0.258 e. The topological polar surface area (TPSA) is 77.1 Å². The molecule has 1 heterocycles. The molecule has 2 aromatic carbocycles. The van der Waals surface area contributed by atoms with Gasteiger partial charge in [-0.2, -0.15) is 0 Å². The largest absolute Gasteiger partial charge is 0.352 e. The monoisotopic (exact) mass is 377 g/mol. The number of nitrogens with zero attached hydrogens (tertiary/aromatic N) is 1. The number of fused-ring (bicyclic) bond motifs is 1. The third-order valence-electron chi connectivity index (χ3n) is 4.78. The van der Waals surface area contributed by atoms with Crippen LogP contribution in [0.2, 0.25) is 0 Å². The van der Waals surface area contributed by atoms with Crippen molar-refractivity contribution in [2.75, 3.05) is 6.54 Å². The summed E-state index contributed by atoms with van der Waals surface area (Å²) >= 11 is 0. The molecular formula is C23H27N3O2. The molecule has 0 atom stereocenters. The van der Waals surface area contributed by atoms with Gasteiger partial charge in [0.1, 0.15) is 0 Å². The third kappa shape index (κ3) is 3.71. The van der Waals surface area contributed by atoms with Crippen molar-refractivity contribution in [1.82, 2.24) is 9.88 Å². The molecule has 5 nitrogen and oxygen atoms in total. The fraction of sp³-hybridized carbons (Fsp3) is 0.304.